The summed E-state index contributed by atoms with van der Waals surface area (Å²) in [5.74, 6) is 0.980. The molecule has 0 saturated heterocycles. The Morgan fingerprint density at radius 1 is 1.42 bits per heavy atom. The first-order chi connectivity index (χ1) is 8.90. The van der Waals surface area contributed by atoms with Gasteiger partial charge < -0.3 is 5.73 Å². The van der Waals surface area contributed by atoms with Crippen LogP contribution >= 0.6 is 11.6 Å². The van der Waals surface area contributed by atoms with Crippen LogP contribution < -0.4 is 10.5 Å². The molecule has 2 atom stereocenters. The molecule has 1 fully saturated rings. The van der Waals surface area contributed by atoms with Crippen molar-refractivity contribution < 1.29 is 8.42 Å². The second kappa shape index (κ2) is 5.69. The molecule has 0 heterocycles. The van der Waals surface area contributed by atoms with Gasteiger partial charge in [-0.05, 0) is 36.5 Å². The summed E-state index contributed by atoms with van der Waals surface area (Å²) in [6, 6.07) is 4.48. The second-order valence-corrected chi connectivity index (χ2v) is 7.35. The van der Waals surface area contributed by atoms with E-state index >= 15 is 0 Å². The van der Waals surface area contributed by atoms with Gasteiger partial charge in [0.15, 0.2) is 0 Å². The van der Waals surface area contributed by atoms with Crippen LogP contribution in [0.25, 0.3) is 0 Å². The molecule has 0 radical (unpaired) electrons. The number of benzene rings is 1. The molecule has 6 heteroatoms. The Morgan fingerprint density at radius 2 is 2.16 bits per heavy atom. The van der Waals surface area contributed by atoms with Gasteiger partial charge in [0.1, 0.15) is 4.90 Å². The van der Waals surface area contributed by atoms with Crippen LogP contribution in [0.5, 0.6) is 0 Å². The van der Waals surface area contributed by atoms with Crippen LogP contribution in [0.1, 0.15) is 26.2 Å². The lowest BCUT2D eigenvalue weighted by Crippen LogP contribution is -2.30. The largest absolute Gasteiger partial charge is 0.399 e. The number of nitrogens with two attached hydrogens (primary N) is 1. The number of hydrogen-bond acceptors (Lipinski definition) is 3. The van der Waals surface area contributed by atoms with Gasteiger partial charge in [-0.25, -0.2) is 13.1 Å². The third-order valence-electron chi connectivity index (χ3n) is 3.82. The summed E-state index contributed by atoms with van der Waals surface area (Å²) >= 11 is 5.93. The lowest BCUT2D eigenvalue weighted by Gasteiger charge is -2.16. The van der Waals surface area contributed by atoms with E-state index in [1.165, 1.54) is 25.0 Å². The van der Waals surface area contributed by atoms with Crippen LogP contribution in [0.3, 0.4) is 0 Å². The fourth-order valence-electron chi connectivity index (χ4n) is 2.55. The van der Waals surface area contributed by atoms with Gasteiger partial charge in [-0.1, -0.05) is 31.4 Å². The van der Waals surface area contributed by atoms with Gasteiger partial charge >= 0.3 is 0 Å². The van der Waals surface area contributed by atoms with Crippen molar-refractivity contribution in [1.82, 2.24) is 4.72 Å². The first-order valence-corrected chi connectivity index (χ1v) is 8.31. The molecular weight excluding hydrogens is 284 g/mol. The Bertz CT molecular complexity index is 560. The predicted octanol–water partition coefficient (Wildman–Crippen LogP) is 2.64. The van der Waals surface area contributed by atoms with Crippen LogP contribution in [0.15, 0.2) is 23.1 Å². The summed E-state index contributed by atoms with van der Waals surface area (Å²) in [6.07, 6.45) is 3.42. The zero-order valence-electron chi connectivity index (χ0n) is 10.9. The average Bonchev–Trinajstić information content (AvgIpc) is 2.75. The van der Waals surface area contributed by atoms with Gasteiger partial charge in [0, 0.05) is 12.2 Å². The molecule has 0 spiro atoms. The number of halogens is 1. The fourth-order valence-corrected chi connectivity index (χ4v) is 4.17. The first-order valence-electron chi connectivity index (χ1n) is 6.45. The predicted molar refractivity (Wildman–Crippen MR) is 77.6 cm³/mol. The Hall–Kier alpha value is -0.780. The van der Waals surface area contributed by atoms with Crippen LogP contribution in [-0.2, 0) is 10.0 Å². The summed E-state index contributed by atoms with van der Waals surface area (Å²) < 4.78 is 27.1. The molecule has 0 bridgehead atoms. The second-order valence-electron chi connectivity index (χ2n) is 5.21. The van der Waals surface area contributed by atoms with Crippen LogP contribution in [-0.4, -0.2) is 15.0 Å². The van der Waals surface area contributed by atoms with E-state index in [1.807, 2.05) is 0 Å². The first kappa shape index (κ1) is 14.6. The maximum atomic E-state index is 12.2. The summed E-state index contributed by atoms with van der Waals surface area (Å²) in [7, 11) is -3.59. The van der Waals surface area contributed by atoms with Crippen molar-refractivity contribution in [2.75, 3.05) is 12.3 Å². The van der Waals surface area contributed by atoms with E-state index in [2.05, 4.69) is 11.6 Å². The van der Waals surface area contributed by atoms with Gasteiger partial charge in [0.05, 0.1) is 5.02 Å². The summed E-state index contributed by atoms with van der Waals surface area (Å²) in [5.41, 5.74) is 6.00. The molecule has 3 N–H and O–H groups in total. The van der Waals surface area contributed by atoms with Crippen LogP contribution in [0.2, 0.25) is 5.02 Å². The minimum Gasteiger partial charge on any atom is -0.399 e. The maximum Gasteiger partial charge on any atom is 0.242 e. The van der Waals surface area contributed by atoms with E-state index < -0.39 is 10.0 Å². The van der Waals surface area contributed by atoms with E-state index in [0.29, 0.717) is 24.1 Å². The van der Waals surface area contributed by atoms with Crippen molar-refractivity contribution in [3.63, 3.8) is 0 Å². The average molecular weight is 303 g/mol. The minimum atomic E-state index is -3.59. The van der Waals surface area contributed by atoms with Crippen molar-refractivity contribution in [3.05, 3.63) is 23.2 Å². The van der Waals surface area contributed by atoms with Crippen LogP contribution in [0, 0.1) is 11.8 Å². The van der Waals surface area contributed by atoms with E-state index in [0.717, 1.165) is 6.42 Å². The molecule has 1 aliphatic rings. The summed E-state index contributed by atoms with van der Waals surface area (Å²) in [5, 5.41) is 0.196. The van der Waals surface area contributed by atoms with E-state index in [4.69, 9.17) is 17.3 Å². The Morgan fingerprint density at radius 3 is 2.79 bits per heavy atom. The highest BCUT2D eigenvalue weighted by Gasteiger charge is 2.26. The van der Waals surface area contributed by atoms with Crippen molar-refractivity contribution in [2.24, 2.45) is 11.8 Å². The van der Waals surface area contributed by atoms with Crippen molar-refractivity contribution >= 4 is 27.3 Å². The minimum absolute atomic E-state index is 0.0554. The number of anilines is 1. The van der Waals surface area contributed by atoms with Gasteiger partial charge in [-0.15, -0.1) is 0 Å². The number of sulfonamides is 1. The third kappa shape index (κ3) is 3.41. The summed E-state index contributed by atoms with van der Waals surface area (Å²) in [4.78, 5) is 0.0554. The molecule has 2 rings (SSSR count). The highest BCUT2D eigenvalue weighted by atomic mass is 35.5. The molecule has 1 aliphatic carbocycles. The molecule has 1 aromatic carbocycles. The smallest absolute Gasteiger partial charge is 0.242 e. The van der Waals surface area contributed by atoms with Gasteiger partial charge in [0.25, 0.3) is 0 Å². The molecule has 0 amide bonds. The maximum absolute atomic E-state index is 12.2. The molecule has 1 saturated carbocycles. The molecule has 1 aromatic rings. The standard InChI is InChI=1S/C13H19ClN2O2S/c1-9-3-2-4-10(9)8-16-19(17,18)13-7-11(15)5-6-12(13)14/h5-7,9-10,16H,2-4,8,15H2,1H3. The number of hydrogen-bond donors (Lipinski definition) is 2. The van der Waals surface area contributed by atoms with Gasteiger partial charge in [-0.3, -0.25) is 0 Å². The van der Waals surface area contributed by atoms with Crippen molar-refractivity contribution in [3.8, 4) is 0 Å². The Labute approximate surface area is 119 Å². The van der Waals surface area contributed by atoms with Crippen LogP contribution in [0.4, 0.5) is 5.69 Å². The number of nitrogen functional groups attached to an aromatic ring is 1. The SMILES string of the molecule is CC1CCCC1CNS(=O)(=O)c1cc(N)ccc1Cl. The van der Waals surface area contributed by atoms with E-state index in [9.17, 15) is 8.42 Å². The molecular formula is C13H19ClN2O2S. The van der Waals surface area contributed by atoms with Crippen molar-refractivity contribution in [1.29, 1.82) is 0 Å². The zero-order valence-corrected chi connectivity index (χ0v) is 12.5. The van der Waals surface area contributed by atoms with Gasteiger partial charge in [0.2, 0.25) is 10.0 Å². The molecule has 19 heavy (non-hydrogen) atoms. The molecule has 106 valence electrons. The fraction of sp³-hybridized carbons (Fsp3) is 0.538. The highest BCUT2D eigenvalue weighted by Crippen LogP contribution is 2.31. The molecule has 0 aliphatic heterocycles. The molecule has 2 unspecified atom stereocenters. The Balaban J connectivity index is 2.12. The van der Waals surface area contributed by atoms with E-state index in [-0.39, 0.29) is 9.92 Å². The number of rotatable bonds is 4. The third-order valence-corrected chi connectivity index (χ3v) is 5.72. The topological polar surface area (TPSA) is 72.2 Å². The lowest BCUT2D eigenvalue weighted by molar-refractivity contribution is 0.414. The van der Waals surface area contributed by atoms with Crippen molar-refractivity contribution in [2.45, 2.75) is 31.1 Å². The van der Waals surface area contributed by atoms with Gasteiger partial charge in [-0.2, -0.15) is 0 Å². The molecule has 4 nitrogen and oxygen atoms in total. The number of nitrogens with one attached hydrogen (secondary N) is 1. The lowest BCUT2D eigenvalue weighted by atomic mass is 9.99. The quantitative estimate of drug-likeness (QED) is 0.840. The summed E-state index contributed by atoms with van der Waals surface area (Å²) in [6.45, 7) is 2.63. The Kier molecular flexibility index (Phi) is 4.38. The zero-order chi connectivity index (χ0) is 14.0. The molecule has 0 aromatic heterocycles. The highest BCUT2D eigenvalue weighted by molar-refractivity contribution is 7.89. The normalized spacial score (nSPS) is 23.7. The van der Waals surface area contributed by atoms with E-state index in [1.54, 1.807) is 6.07 Å². The monoisotopic (exact) mass is 302 g/mol.